The first-order chi connectivity index (χ1) is 10.3. The molecule has 0 saturated carbocycles. The van der Waals surface area contributed by atoms with Crippen molar-refractivity contribution in [2.24, 2.45) is 0 Å². The summed E-state index contributed by atoms with van der Waals surface area (Å²) in [4.78, 5) is 2.37. The molecule has 21 heavy (non-hydrogen) atoms. The first kappa shape index (κ1) is 13.4. The molecular weight excluding hydrogens is 270 g/mol. The standard InChI is InChI=1S/C16H21NO4/c1-11-4-12(18-9-15-10-21-15)2-3-16(11)17(5-13-7-19-13)6-14-8-20-14/h2-4,13-15H,5-10H2,1H3/t13-,14-,15-/m1/s1. The summed E-state index contributed by atoms with van der Waals surface area (Å²) in [5.74, 6) is 0.914. The summed E-state index contributed by atoms with van der Waals surface area (Å²) in [6.07, 6.45) is 1.05. The van der Waals surface area contributed by atoms with Crippen LogP contribution in [0, 0.1) is 6.92 Å². The Hall–Kier alpha value is -1.30. The third-order valence-electron chi connectivity index (χ3n) is 4.00. The molecule has 0 bridgehead atoms. The SMILES string of the molecule is Cc1cc(OC[C@@H]2CO2)ccc1N(C[C@@H]1CO1)C[C@@H]1CO1. The summed E-state index contributed by atoms with van der Waals surface area (Å²) in [7, 11) is 0. The maximum absolute atomic E-state index is 5.74. The fraction of sp³-hybridized carbons (Fsp3) is 0.625. The number of rotatable bonds is 8. The van der Waals surface area contributed by atoms with E-state index in [0.29, 0.717) is 24.9 Å². The number of hydrogen-bond acceptors (Lipinski definition) is 5. The zero-order chi connectivity index (χ0) is 14.2. The number of anilines is 1. The Kier molecular flexibility index (Phi) is 3.49. The molecule has 3 atom stereocenters. The second kappa shape index (κ2) is 5.48. The van der Waals surface area contributed by atoms with Gasteiger partial charge in [0.05, 0.1) is 32.0 Å². The second-order valence-electron chi connectivity index (χ2n) is 6.03. The maximum atomic E-state index is 5.74. The highest BCUT2D eigenvalue weighted by Gasteiger charge is 2.31. The molecule has 5 nitrogen and oxygen atoms in total. The quantitative estimate of drug-likeness (QED) is 0.677. The molecule has 0 radical (unpaired) electrons. The van der Waals surface area contributed by atoms with E-state index < -0.39 is 0 Å². The monoisotopic (exact) mass is 291 g/mol. The van der Waals surface area contributed by atoms with Crippen LogP contribution in [0.4, 0.5) is 5.69 Å². The van der Waals surface area contributed by atoms with Gasteiger partial charge in [-0.05, 0) is 30.7 Å². The predicted octanol–water partition coefficient (Wildman–Crippen LogP) is 1.38. The Labute approximate surface area is 124 Å². The first-order valence-corrected chi connectivity index (χ1v) is 7.61. The fourth-order valence-corrected chi connectivity index (χ4v) is 2.54. The molecule has 3 aliphatic rings. The normalized spacial score (nSPS) is 29.1. The molecule has 0 N–H and O–H groups in total. The van der Waals surface area contributed by atoms with Gasteiger partial charge in [0.1, 0.15) is 18.5 Å². The molecular formula is C16H21NO4. The minimum atomic E-state index is 0.292. The second-order valence-corrected chi connectivity index (χ2v) is 6.03. The highest BCUT2D eigenvalue weighted by atomic mass is 16.6. The van der Waals surface area contributed by atoms with Crippen molar-refractivity contribution < 1.29 is 18.9 Å². The van der Waals surface area contributed by atoms with Crippen molar-refractivity contribution in [1.29, 1.82) is 0 Å². The van der Waals surface area contributed by atoms with Gasteiger partial charge in [-0.2, -0.15) is 0 Å². The molecule has 0 amide bonds. The van der Waals surface area contributed by atoms with Gasteiger partial charge < -0.3 is 23.8 Å². The predicted molar refractivity (Wildman–Crippen MR) is 78.1 cm³/mol. The zero-order valence-electron chi connectivity index (χ0n) is 12.3. The van der Waals surface area contributed by atoms with E-state index in [-0.39, 0.29) is 0 Å². The van der Waals surface area contributed by atoms with Gasteiger partial charge >= 0.3 is 0 Å². The number of nitrogens with zero attached hydrogens (tertiary/aromatic N) is 1. The minimum absolute atomic E-state index is 0.292. The van der Waals surface area contributed by atoms with E-state index >= 15 is 0 Å². The van der Waals surface area contributed by atoms with Crippen LogP contribution < -0.4 is 9.64 Å². The van der Waals surface area contributed by atoms with Crippen molar-refractivity contribution in [3.63, 3.8) is 0 Å². The average Bonchev–Trinajstić information content (AvgIpc) is 3.33. The van der Waals surface area contributed by atoms with Gasteiger partial charge in [-0.1, -0.05) is 0 Å². The molecule has 3 saturated heterocycles. The maximum Gasteiger partial charge on any atom is 0.119 e. The molecule has 1 aromatic carbocycles. The zero-order valence-corrected chi connectivity index (χ0v) is 12.3. The smallest absolute Gasteiger partial charge is 0.119 e. The van der Waals surface area contributed by atoms with Gasteiger partial charge in [0.2, 0.25) is 0 Å². The van der Waals surface area contributed by atoms with Crippen LogP contribution in [-0.2, 0) is 14.2 Å². The molecule has 0 aliphatic carbocycles. The number of hydrogen-bond donors (Lipinski definition) is 0. The molecule has 0 aromatic heterocycles. The van der Waals surface area contributed by atoms with E-state index in [4.69, 9.17) is 18.9 Å². The molecule has 3 fully saturated rings. The number of aryl methyl sites for hydroxylation is 1. The van der Waals surface area contributed by atoms with Crippen molar-refractivity contribution in [3.05, 3.63) is 23.8 Å². The lowest BCUT2D eigenvalue weighted by atomic mass is 10.1. The van der Waals surface area contributed by atoms with Crippen molar-refractivity contribution in [1.82, 2.24) is 0 Å². The highest BCUT2D eigenvalue weighted by Crippen LogP contribution is 2.28. The molecule has 3 aliphatic heterocycles. The van der Waals surface area contributed by atoms with Crippen LogP contribution >= 0.6 is 0 Å². The summed E-state index contributed by atoms with van der Waals surface area (Å²) < 4.78 is 21.7. The van der Waals surface area contributed by atoms with Gasteiger partial charge in [0, 0.05) is 18.8 Å². The van der Waals surface area contributed by atoms with Crippen LogP contribution in [0.15, 0.2) is 18.2 Å². The Morgan fingerprint density at radius 2 is 1.67 bits per heavy atom. The Morgan fingerprint density at radius 3 is 2.19 bits per heavy atom. The van der Waals surface area contributed by atoms with Crippen molar-refractivity contribution in [3.8, 4) is 5.75 Å². The molecule has 1 aromatic rings. The van der Waals surface area contributed by atoms with Gasteiger partial charge in [0.25, 0.3) is 0 Å². The number of epoxide rings is 3. The summed E-state index contributed by atoms with van der Waals surface area (Å²) in [6, 6.07) is 6.29. The third kappa shape index (κ3) is 3.67. The van der Waals surface area contributed by atoms with Gasteiger partial charge in [0.15, 0.2) is 0 Å². The minimum Gasteiger partial charge on any atom is -0.491 e. The fourth-order valence-electron chi connectivity index (χ4n) is 2.54. The molecule has 114 valence electrons. The Balaban J connectivity index is 1.44. The van der Waals surface area contributed by atoms with E-state index in [1.54, 1.807) is 0 Å². The molecule has 3 heterocycles. The highest BCUT2D eigenvalue weighted by molar-refractivity contribution is 5.56. The molecule has 5 heteroatoms. The van der Waals surface area contributed by atoms with Gasteiger partial charge in [-0.15, -0.1) is 0 Å². The van der Waals surface area contributed by atoms with Crippen molar-refractivity contribution >= 4 is 5.69 Å². The number of benzene rings is 1. The van der Waals surface area contributed by atoms with Crippen LogP contribution in [-0.4, -0.2) is 57.8 Å². The average molecular weight is 291 g/mol. The lowest BCUT2D eigenvalue weighted by Gasteiger charge is -2.25. The summed E-state index contributed by atoms with van der Waals surface area (Å²) >= 11 is 0. The van der Waals surface area contributed by atoms with Crippen LogP contribution in [0.2, 0.25) is 0 Å². The van der Waals surface area contributed by atoms with Crippen LogP contribution in [0.3, 0.4) is 0 Å². The van der Waals surface area contributed by atoms with E-state index in [0.717, 1.165) is 38.7 Å². The van der Waals surface area contributed by atoms with Crippen LogP contribution in [0.5, 0.6) is 5.75 Å². The van der Waals surface area contributed by atoms with E-state index in [1.165, 1.54) is 11.3 Å². The van der Waals surface area contributed by atoms with Crippen molar-refractivity contribution in [2.75, 3.05) is 44.4 Å². The van der Waals surface area contributed by atoms with Gasteiger partial charge in [-0.3, -0.25) is 0 Å². The molecule has 0 unspecified atom stereocenters. The van der Waals surface area contributed by atoms with E-state index in [1.807, 2.05) is 6.07 Å². The van der Waals surface area contributed by atoms with Crippen LogP contribution in [0.25, 0.3) is 0 Å². The van der Waals surface area contributed by atoms with Crippen LogP contribution in [0.1, 0.15) is 5.56 Å². The summed E-state index contributed by atoms with van der Waals surface area (Å²) in [5.41, 5.74) is 2.47. The lowest BCUT2D eigenvalue weighted by molar-refractivity contribution is 0.263. The summed E-state index contributed by atoms with van der Waals surface area (Å²) in [5, 5.41) is 0. The van der Waals surface area contributed by atoms with Gasteiger partial charge in [-0.25, -0.2) is 0 Å². The molecule has 4 rings (SSSR count). The van der Waals surface area contributed by atoms with E-state index in [9.17, 15) is 0 Å². The third-order valence-corrected chi connectivity index (χ3v) is 4.00. The Morgan fingerprint density at radius 1 is 1.05 bits per heavy atom. The summed E-state index contributed by atoms with van der Waals surface area (Å²) in [6.45, 7) is 7.24. The van der Waals surface area contributed by atoms with Crippen molar-refractivity contribution in [2.45, 2.75) is 25.2 Å². The number of ether oxygens (including phenoxy) is 4. The lowest BCUT2D eigenvalue weighted by Crippen LogP contribution is -2.32. The first-order valence-electron chi connectivity index (χ1n) is 7.61. The van der Waals surface area contributed by atoms with E-state index in [2.05, 4.69) is 24.0 Å². The largest absolute Gasteiger partial charge is 0.491 e. The molecule has 0 spiro atoms. The Bertz CT molecular complexity index is 495. The topological polar surface area (TPSA) is 50.1 Å².